The van der Waals surface area contributed by atoms with Gasteiger partial charge in [-0.05, 0) is 62.6 Å². The van der Waals surface area contributed by atoms with Gasteiger partial charge in [-0.25, -0.2) is 4.98 Å². The molecule has 1 aliphatic rings. The van der Waals surface area contributed by atoms with Crippen LogP contribution in [-0.2, 0) is 0 Å². The fraction of sp³-hybridized carbons (Fsp3) is 0.444. The Balaban J connectivity index is 1.76. The van der Waals surface area contributed by atoms with Gasteiger partial charge in [-0.1, -0.05) is 29.8 Å². The van der Waals surface area contributed by atoms with Gasteiger partial charge in [-0.2, -0.15) is 0 Å². The Morgan fingerprint density at radius 1 is 1.24 bits per heavy atom. The Morgan fingerprint density at radius 2 is 2.04 bits per heavy atom. The number of aryl methyl sites for hydroxylation is 2. The summed E-state index contributed by atoms with van der Waals surface area (Å²) in [6.45, 7) is 3.95. The van der Waals surface area contributed by atoms with Crippen molar-refractivity contribution in [3.63, 3.8) is 0 Å². The number of rotatable bonds is 5. The third kappa shape index (κ3) is 3.32. The van der Waals surface area contributed by atoms with Crippen LogP contribution in [0.3, 0.4) is 0 Å². The summed E-state index contributed by atoms with van der Waals surface area (Å²) < 4.78 is 9.00. The molecule has 2 heterocycles. The van der Waals surface area contributed by atoms with Crippen LogP contribution in [0.25, 0.3) is 22.2 Å². The van der Waals surface area contributed by atoms with E-state index in [4.69, 9.17) is 9.51 Å². The standard InChI is InChI=1S/C18H22N4OS2/c1-10-16(11(2)23-21-10)12-8-14-17(20-18(19-14)24-3)15(9-12)25-22-13-6-4-5-7-13/h8-9,13,22H,4-7H2,1-3H3,(H,19,20). The van der Waals surface area contributed by atoms with Crippen molar-refractivity contribution in [2.24, 2.45) is 0 Å². The number of nitrogens with one attached hydrogen (secondary N) is 2. The van der Waals surface area contributed by atoms with E-state index in [0.29, 0.717) is 6.04 Å². The van der Waals surface area contributed by atoms with Gasteiger partial charge < -0.3 is 9.51 Å². The van der Waals surface area contributed by atoms with Crippen LogP contribution in [0, 0.1) is 13.8 Å². The summed E-state index contributed by atoms with van der Waals surface area (Å²) in [6.07, 6.45) is 7.21. The Hall–Kier alpha value is -1.44. The number of nitrogens with zero attached hydrogens (tertiary/aromatic N) is 2. The topological polar surface area (TPSA) is 66.7 Å². The van der Waals surface area contributed by atoms with Gasteiger partial charge in [-0.3, -0.25) is 4.72 Å². The second-order valence-corrected chi connectivity index (χ2v) is 8.19. The second kappa shape index (κ2) is 7.05. The highest BCUT2D eigenvalue weighted by Gasteiger charge is 2.19. The zero-order valence-corrected chi connectivity index (χ0v) is 16.3. The van der Waals surface area contributed by atoms with Crippen LogP contribution >= 0.6 is 23.7 Å². The molecule has 2 N–H and O–H groups in total. The maximum absolute atomic E-state index is 5.37. The highest BCUT2D eigenvalue weighted by atomic mass is 32.2. The molecule has 0 radical (unpaired) electrons. The third-order valence-electron chi connectivity index (χ3n) is 4.74. The number of aromatic amines is 1. The van der Waals surface area contributed by atoms with Crippen molar-refractivity contribution in [3.8, 4) is 11.1 Å². The van der Waals surface area contributed by atoms with E-state index in [1.165, 1.54) is 25.7 Å². The molecule has 25 heavy (non-hydrogen) atoms. The predicted molar refractivity (Wildman–Crippen MR) is 104 cm³/mol. The van der Waals surface area contributed by atoms with Crippen LogP contribution in [0.4, 0.5) is 0 Å². The first-order chi connectivity index (χ1) is 12.2. The highest BCUT2D eigenvalue weighted by Crippen LogP contribution is 2.36. The van der Waals surface area contributed by atoms with E-state index in [9.17, 15) is 0 Å². The summed E-state index contributed by atoms with van der Waals surface area (Å²) in [5.74, 6) is 0.848. The smallest absolute Gasteiger partial charge is 0.166 e. The zero-order valence-electron chi connectivity index (χ0n) is 14.7. The van der Waals surface area contributed by atoms with Gasteiger partial charge in [0.25, 0.3) is 0 Å². The second-order valence-electron chi connectivity index (χ2n) is 6.52. The summed E-state index contributed by atoms with van der Waals surface area (Å²) in [5, 5.41) is 5.04. The Morgan fingerprint density at radius 3 is 2.72 bits per heavy atom. The molecule has 0 unspecified atom stereocenters. The first-order valence-corrected chi connectivity index (χ1v) is 10.6. The average Bonchev–Trinajstić information content (AvgIpc) is 3.32. The number of benzene rings is 1. The summed E-state index contributed by atoms with van der Waals surface area (Å²) >= 11 is 3.33. The number of aromatic nitrogens is 3. The summed E-state index contributed by atoms with van der Waals surface area (Å²) in [6, 6.07) is 4.95. The molecule has 7 heteroatoms. The molecule has 1 saturated carbocycles. The molecule has 1 aliphatic carbocycles. The van der Waals surface area contributed by atoms with Gasteiger partial charge in [0.1, 0.15) is 11.3 Å². The van der Waals surface area contributed by atoms with Crippen molar-refractivity contribution in [1.82, 2.24) is 19.8 Å². The van der Waals surface area contributed by atoms with Gasteiger partial charge in [0.05, 0.1) is 16.1 Å². The minimum absolute atomic E-state index is 0.599. The first-order valence-electron chi connectivity index (χ1n) is 8.59. The van der Waals surface area contributed by atoms with Crippen molar-refractivity contribution in [2.45, 2.75) is 55.6 Å². The quantitative estimate of drug-likeness (QED) is 0.479. The molecule has 0 amide bonds. The molecule has 1 aromatic carbocycles. The molecule has 0 spiro atoms. The van der Waals surface area contributed by atoms with Crippen molar-refractivity contribution < 1.29 is 4.52 Å². The Kier molecular flexibility index (Phi) is 4.80. The average molecular weight is 375 g/mol. The van der Waals surface area contributed by atoms with Crippen molar-refractivity contribution in [2.75, 3.05) is 6.26 Å². The van der Waals surface area contributed by atoms with Crippen molar-refractivity contribution >= 4 is 34.7 Å². The maximum atomic E-state index is 5.37. The van der Waals surface area contributed by atoms with Crippen LogP contribution in [0.1, 0.15) is 37.1 Å². The number of imidazole rings is 1. The van der Waals surface area contributed by atoms with Gasteiger partial charge >= 0.3 is 0 Å². The van der Waals surface area contributed by atoms with E-state index in [-0.39, 0.29) is 0 Å². The fourth-order valence-corrected chi connectivity index (χ4v) is 4.83. The van der Waals surface area contributed by atoms with Crippen molar-refractivity contribution in [3.05, 3.63) is 23.6 Å². The van der Waals surface area contributed by atoms with Crippen molar-refractivity contribution in [1.29, 1.82) is 0 Å². The lowest BCUT2D eigenvalue weighted by Crippen LogP contribution is -2.18. The molecule has 0 aliphatic heterocycles. The molecule has 1 fully saturated rings. The molecule has 4 rings (SSSR count). The lowest BCUT2D eigenvalue weighted by atomic mass is 10.0. The minimum atomic E-state index is 0.599. The monoisotopic (exact) mass is 374 g/mol. The van der Waals surface area contributed by atoms with E-state index in [1.54, 1.807) is 23.7 Å². The molecule has 3 aromatic rings. The fourth-order valence-electron chi connectivity index (χ4n) is 3.47. The molecular weight excluding hydrogens is 352 g/mol. The van der Waals surface area contributed by atoms with Gasteiger partial charge in [0.15, 0.2) is 5.16 Å². The lowest BCUT2D eigenvalue weighted by Gasteiger charge is -2.12. The molecule has 5 nitrogen and oxygen atoms in total. The van der Waals surface area contributed by atoms with E-state index in [1.807, 2.05) is 20.1 Å². The van der Waals surface area contributed by atoms with E-state index >= 15 is 0 Å². The van der Waals surface area contributed by atoms with Crippen LogP contribution < -0.4 is 4.72 Å². The minimum Gasteiger partial charge on any atom is -0.361 e. The van der Waals surface area contributed by atoms with Gasteiger partial charge in [-0.15, -0.1) is 0 Å². The third-order valence-corrected chi connectivity index (χ3v) is 6.30. The van der Waals surface area contributed by atoms with E-state index in [2.05, 4.69) is 27.0 Å². The molecule has 0 bridgehead atoms. The molecule has 0 saturated heterocycles. The molecule has 2 aromatic heterocycles. The number of hydrogen-bond acceptors (Lipinski definition) is 6. The Labute approximate surface area is 155 Å². The highest BCUT2D eigenvalue weighted by molar-refractivity contribution is 7.98. The van der Waals surface area contributed by atoms with Crippen LogP contribution in [0.15, 0.2) is 26.7 Å². The molecular formula is C18H22N4OS2. The van der Waals surface area contributed by atoms with Crippen LogP contribution in [0.2, 0.25) is 0 Å². The number of thioether (sulfide) groups is 1. The van der Waals surface area contributed by atoms with E-state index < -0.39 is 0 Å². The van der Waals surface area contributed by atoms with E-state index in [0.717, 1.165) is 43.7 Å². The zero-order chi connectivity index (χ0) is 17.4. The van der Waals surface area contributed by atoms with Gasteiger partial charge in [0, 0.05) is 11.6 Å². The summed E-state index contributed by atoms with van der Waals surface area (Å²) in [5.41, 5.74) is 5.19. The SMILES string of the molecule is CSc1nc2c(SNC3CCCC3)cc(-c3c(C)noc3C)cc2[nH]1. The maximum Gasteiger partial charge on any atom is 0.166 e. The summed E-state index contributed by atoms with van der Waals surface area (Å²) in [7, 11) is 0. The Bertz CT molecular complexity index is 876. The lowest BCUT2D eigenvalue weighted by molar-refractivity contribution is 0.393. The normalized spacial score (nSPS) is 15.5. The molecule has 0 atom stereocenters. The van der Waals surface area contributed by atoms with Gasteiger partial charge in [0.2, 0.25) is 0 Å². The van der Waals surface area contributed by atoms with Crippen LogP contribution in [0.5, 0.6) is 0 Å². The predicted octanol–water partition coefficient (Wildman–Crippen LogP) is 5.10. The first kappa shape index (κ1) is 17.0. The molecule has 132 valence electrons. The number of H-pyrrole nitrogens is 1. The van der Waals surface area contributed by atoms with Crippen LogP contribution in [-0.4, -0.2) is 27.4 Å². The largest absolute Gasteiger partial charge is 0.361 e. The number of hydrogen-bond donors (Lipinski definition) is 2. The number of fused-ring (bicyclic) bond motifs is 1. The summed E-state index contributed by atoms with van der Waals surface area (Å²) in [4.78, 5) is 9.31.